The van der Waals surface area contributed by atoms with Gasteiger partial charge in [-0.05, 0) is 79.6 Å². The first kappa shape index (κ1) is 23.2. The number of hydrogen-bond donors (Lipinski definition) is 2. The Labute approximate surface area is 209 Å². The molecule has 2 bridgehead atoms. The summed E-state index contributed by atoms with van der Waals surface area (Å²) in [4.78, 5) is 63.4. The second-order valence-electron chi connectivity index (χ2n) is 9.03. The van der Waals surface area contributed by atoms with Gasteiger partial charge in [-0.15, -0.1) is 0 Å². The van der Waals surface area contributed by atoms with E-state index in [4.69, 9.17) is 4.74 Å². The first-order valence-corrected chi connectivity index (χ1v) is 12.1. The fraction of sp³-hybridized carbons (Fsp3) is 0.320. The molecule has 0 radical (unpaired) electrons. The molecule has 4 atom stereocenters. The molecule has 10 heteroatoms. The van der Waals surface area contributed by atoms with Gasteiger partial charge in [-0.1, -0.05) is 15.9 Å². The number of halogens is 1. The van der Waals surface area contributed by atoms with Crippen LogP contribution in [0.1, 0.15) is 40.0 Å². The molecule has 2 saturated carbocycles. The smallest absolute Gasteiger partial charge is 0.338 e. The molecular weight excluding hydrogens is 518 g/mol. The van der Waals surface area contributed by atoms with Crippen LogP contribution < -0.4 is 15.8 Å². The summed E-state index contributed by atoms with van der Waals surface area (Å²) in [5, 5.41) is 0. The fourth-order valence-corrected chi connectivity index (χ4v) is 5.72. The number of esters is 1. The van der Waals surface area contributed by atoms with Gasteiger partial charge in [0.15, 0.2) is 6.61 Å². The molecule has 0 unspecified atom stereocenters. The maximum Gasteiger partial charge on any atom is 0.338 e. The van der Waals surface area contributed by atoms with Gasteiger partial charge in [-0.2, -0.15) is 0 Å². The van der Waals surface area contributed by atoms with Crippen LogP contribution in [0.25, 0.3) is 0 Å². The molecule has 0 aromatic heterocycles. The largest absolute Gasteiger partial charge is 0.452 e. The number of benzene rings is 2. The molecule has 2 aliphatic carbocycles. The van der Waals surface area contributed by atoms with Crippen molar-refractivity contribution < 1.29 is 28.7 Å². The van der Waals surface area contributed by atoms with Crippen molar-refractivity contribution in [3.05, 3.63) is 64.1 Å². The van der Waals surface area contributed by atoms with E-state index in [1.165, 1.54) is 29.2 Å². The SMILES string of the molecule is O=C(COC(=O)c1ccc(N2C(=O)[C@H]3[C@H]4CC[C@@H](C4)[C@@H]3C2=O)cc1)NNC(=O)c1ccc(Br)cc1. The Hall–Kier alpha value is -3.53. The Morgan fingerprint density at radius 3 is 2.03 bits per heavy atom. The van der Waals surface area contributed by atoms with Gasteiger partial charge < -0.3 is 4.74 Å². The van der Waals surface area contributed by atoms with E-state index in [1.807, 2.05) is 0 Å². The Bertz CT molecular complexity index is 1180. The van der Waals surface area contributed by atoms with E-state index in [-0.39, 0.29) is 29.2 Å². The molecule has 180 valence electrons. The molecule has 2 aromatic rings. The summed E-state index contributed by atoms with van der Waals surface area (Å²) in [6, 6.07) is 12.5. The maximum atomic E-state index is 12.9. The number of rotatable bonds is 5. The lowest BCUT2D eigenvalue weighted by atomic mass is 9.81. The number of fused-ring (bicyclic) bond motifs is 5. The van der Waals surface area contributed by atoms with Crippen LogP contribution in [0.3, 0.4) is 0 Å². The molecule has 4 amide bonds. The number of nitrogens with one attached hydrogen (secondary N) is 2. The fourth-order valence-electron chi connectivity index (χ4n) is 5.46. The number of carbonyl (C=O) groups is 5. The first-order valence-electron chi connectivity index (χ1n) is 11.3. The molecule has 3 aliphatic rings. The van der Waals surface area contributed by atoms with Crippen LogP contribution in [-0.4, -0.2) is 36.2 Å². The molecule has 1 heterocycles. The summed E-state index contributed by atoms with van der Waals surface area (Å²) < 4.78 is 5.80. The molecule has 2 N–H and O–H groups in total. The molecular formula is C25H22BrN3O6. The highest BCUT2D eigenvalue weighted by atomic mass is 79.9. The zero-order valence-corrected chi connectivity index (χ0v) is 20.1. The lowest BCUT2D eigenvalue weighted by Gasteiger charge is -2.19. The number of imide groups is 1. The van der Waals surface area contributed by atoms with Crippen LogP contribution in [-0.2, 0) is 19.1 Å². The lowest BCUT2D eigenvalue weighted by molar-refractivity contribution is -0.125. The summed E-state index contributed by atoms with van der Waals surface area (Å²) in [5.74, 6) is -2.11. The van der Waals surface area contributed by atoms with E-state index in [2.05, 4.69) is 26.8 Å². The van der Waals surface area contributed by atoms with Crippen molar-refractivity contribution in [3.63, 3.8) is 0 Å². The van der Waals surface area contributed by atoms with E-state index in [9.17, 15) is 24.0 Å². The van der Waals surface area contributed by atoms with Crippen molar-refractivity contribution in [3.8, 4) is 0 Å². The predicted octanol–water partition coefficient (Wildman–Crippen LogP) is 2.60. The van der Waals surface area contributed by atoms with Gasteiger partial charge in [-0.25, -0.2) is 4.79 Å². The number of nitrogens with zero attached hydrogens (tertiary/aromatic N) is 1. The first-order chi connectivity index (χ1) is 16.8. The summed E-state index contributed by atoms with van der Waals surface area (Å²) in [7, 11) is 0. The maximum absolute atomic E-state index is 12.9. The van der Waals surface area contributed by atoms with Crippen LogP contribution in [0.2, 0.25) is 0 Å². The summed E-state index contributed by atoms with van der Waals surface area (Å²) in [5.41, 5.74) is 5.36. The topological polar surface area (TPSA) is 122 Å². The zero-order chi connectivity index (χ0) is 24.7. The minimum Gasteiger partial charge on any atom is -0.452 e. The van der Waals surface area contributed by atoms with E-state index >= 15 is 0 Å². The number of ether oxygens (including phenoxy) is 1. The number of carbonyl (C=O) groups excluding carboxylic acids is 5. The number of hydrogen-bond acceptors (Lipinski definition) is 6. The van der Waals surface area contributed by atoms with Gasteiger partial charge in [0.1, 0.15) is 0 Å². The van der Waals surface area contributed by atoms with E-state index in [1.54, 1.807) is 24.3 Å². The average molecular weight is 540 g/mol. The molecule has 9 nitrogen and oxygen atoms in total. The Kier molecular flexibility index (Phi) is 6.14. The van der Waals surface area contributed by atoms with Gasteiger partial charge in [0, 0.05) is 10.0 Å². The summed E-state index contributed by atoms with van der Waals surface area (Å²) >= 11 is 3.27. The van der Waals surface area contributed by atoms with Gasteiger partial charge >= 0.3 is 5.97 Å². The van der Waals surface area contributed by atoms with Crippen LogP contribution in [0, 0.1) is 23.7 Å². The molecule has 3 fully saturated rings. The van der Waals surface area contributed by atoms with Gasteiger partial charge in [0.2, 0.25) is 11.8 Å². The molecule has 35 heavy (non-hydrogen) atoms. The average Bonchev–Trinajstić information content (AvgIpc) is 3.55. The molecule has 5 rings (SSSR count). The minimum atomic E-state index is -0.750. The van der Waals surface area contributed by atoms with Crippen molar-refractivity contribution in [2.45, 2.75) is 19.3 Å². The van der Waals surface area contributed by atoms with Crippen LogP contribution in [0.5, 0.6) is 0 Å². The second-order valence-corrected chi connectivity index (χ2v) is 9.94. The molecule has 2 aromatic carbocycles. The van der Waals surface area contributed by atoms with Crippen LogP contribution in [0.4, 0.5) is 5.69 Å². The van der Waals surface area contributed by atoms with E-state index in [0.29, 0.717) is 23.1 Å². The number of hydrazine groups is 1. The Morgan fingerprint density at radius 1 is 0.857 bits per heavy atom. The van der Waals surface area contributed by atoms with Crippen molar-refractivity contribution in [2.24, 2.45) is 23.7 Å². The highest BCUT2D eigenvalue weighted by Gasteiger charge is 2.61. The number of amides is 4. The van der Waals surface area contributed by atoms with Crippen molar-refractivity contribution in [2.75, 3.05) is 11.5 Å². The van der Waals surface area contributed by atoms with Crippen LogP contribution >= 0.6 is 15.9 Å². The second kappa shape index (κ2) is 9.26. The Balaban J connectivity index is 1.13. The third-order valence-electron chi connectivity index (χ3n) is 7.04. The minimum absolute atomic E-state index is 0.149. The monoisotopic (exact) mass is 539 g/mol. The highest BCUT2D eigenvalue weighted by molar-refractivity contribution is 9.10. The van der Waals surface area contributed by atoms with E-state index < -0.39 is 24.4 Å². The molecule has 1 aliphatic heterocycles. The van der Waals surface area contributed by atoms with E-state index in [0.717, 1.165) is 23.7 Å². The van der Waals surface area contributed by atoms with Gasteiger partial charge in [0.05, 0.1) is 23.1 Å². The van der Waals surface area contributed by atoms with Gasteiger partial charge in [-0.3, -0.25) is 34.9 Å². The zero-order valence-electron chi connectivity index (χ0n) is 18.5. The quantitative estimate of drug-likeness (QED) is 0.342. The van der Waals surface area contributed by atoms with Crippen molar-refractivity contribution >= 4 is 51.2 Å². The third kappa shape index (κ3) is 4.34. The van der Waals surface area contributed by atoms with Crippen molar-refractivity contribution in [1.82, 2.24) is 10.9 Å². The predicted molar refractivity (Wildman–Crippen MR) is 127 cm³/mol. The normalized spacial score (nSPS) is 24.3. The molecule has 0 spiro atoms. The standard InChI is InChI=1S/C25H22BrN3O6/c26-17-7-3-13(4-8-17)22(31)28-27-19(30)12-35-25(34)14-5-9-18(10-6-14)29-23(32)20-15-1-2-16(11-15)21(20)24(29)33/h3-10,15-16,20-21H,1-2,11-12H2,(H,27,30)(H,28,31)/t15-,16-,20-,21-/m0/s1. The molecule has 1 saturated heterocycles. The lowest BCUT2D eigenvalue weighted by Crippen LogP contribution is -2.43. The van der Waals surface area contributed by atoms with Gasteiger partial charge in [0.25, 0.3) is 11.8 Å². The van der Waals surface area contributed by atoms with Crippen LogP contribution in [0.15, 0.2) is 53.0 Å². The highest BCUT2D eigenvalue weighted by Crippen LogP contribution is 2.56. The Morgan fingerprint density at radius 2 is 1.43 bits per heavy atom. The van der Waals surface area contributed by atoms with Crippen molar-refractivity contribution in [1.29, 1.82) is 0 Å². The summed E-state index contributed by atoms with van der Waals surface area (Å²) in [6.07, 6.45) is 2.98. The summed E-state index contributed by atoms with van der Waals surface area (Å²) in [6.45, 7) is -0.601. The third-order valence-corrected chi connectivity index (χ3v) is 7.57. The number of anilines is 1.